The van der Waals surface area contributed by atoms with Crippen molar-refractivity contribution in [3.05, 3.63) is 18.0 Å². The Kier molecular flexibility index (Phi) is 4.65. The van der Waals surface area contributed by atoms with Crippen LogP contribution >= 0.6 is 0 Å². The minimum atomic E-state index is -3.45. The molecule has 1 aliphatic rings. The molecule has 0 atom stereocenters. The first-order valence-electron chi connectivity index (χ1n) is 6.89. The summed E-state index contributed by atoms with van der Waals surface area (Å²) in [6, 6.07) is 1.64. The number of aliphatic hydroxyl groups excluding tert-OH is 1. The predicted octanol–water partition coefficient (Wildman–Crippen LogP) is 1.85. The first kappa shape index (κ1) is 14.6. The maximum absolute atomic E-state index is 12.6. The van der Waals surface area contributed by atoms with Gasteiger partial charge < -0.3 is 10.1 Å². The summed E-state index contributed by atoms with van der Waals surface area (Å²) in [6.07, 6.45) is 6.77. The van der Waals surface area contributed by atoms with E-state index in [1.165, 1.54) is 18.7 Å². The van der Waals surface area contributed by atoms with Gasteiger partial charge in [-0.15, -0.1) is 0 Å². The van der Waals surface area contributed by atoms with E-state index >= 15 is 0 Å². The first-order valence-corrected chi connectivity index (χ1v) is 8.33. The molecule has 1 heterocycles. The van der Waals surface area contributed by atoms with E-state index in [4.69, 9.17) is 5.11 Å². The zero-order chi connectivity index (χ0) is 13.9. The molecule has 0 unspecified atom stereocenters. The summed E-state index contributed by atoms with van der Waals surface area (Å²) in [6.45, 7) is 2.20. The number of sulfonamides is 1. The molecule has 2 rings (SSSR count). The van der Waals surface area contributed by atoms with Crippen LogP contribution in [0, 0.1) is 0 Å². The summed E-state index contributed by atoms with van der Waals surface area (Å²) in [5, 5.41) is 9.02. The van der Waals surface area contributed by atoms with Crippen molar-refractivity contribution in [1.82, 2.24) is 9.29 Å². The lowest BCUT2D eigenvalue weighted by atomic mass is 9.95. The molecule has 0 radical (unpaired) electrons. The van der Waals surface area contributed by atoms with Gasteiger partial charge in [-0.25, -0.2) is 8.42 Å². The second-order valence-electron chi connectivity index (χ2n) is 5.02. The molecular weight excluding hydrogens is 264 g/mol. The molecular formula is C13H22N2O3S. The van der Waals surface area contributed by atoms with Crippen LogP contribution in [0.25, 0.3) is 0 Å². The number of nitrogens with one attached hydrogen (secondary N) is 1. The third kappa shape index (κ3) is 3.01. The molecule has 0 bridgehead atoms. The van der Waals surface area contributed by atoms with Gasteiger partial charge in [0.2, 0.25) is 10.0 Å². The monoisotopic (exact) mass is 286 g/mol. The molecule has 1 saturated carbocycles. The minimum Gasteiger partial charge on any atom is -0.390 e. The molecule has 2 N–H and O–H groups in total. The third-order valence-electron chi connectivity index (χ3n) is 3.79. The van der Waals surface area contributed by atoms with Crippen LogP contribution in [0.5, 0.6) is 0 Å². The van der Waals surface area contributed by atoms with Crippen molar-refractivity contribution in [2.24, 2.45) is 0 Å². The molecule has 0 saturated heterocycles. The summed E-state index contributed by atoms with van der Waals surface area (Å²) in [7, 11) is -3.45. The van der Waals surface area contributed by atoms with E-state index < -0.39 is 10.0 Å². The summed E-state index contributed by atoms with van der Waals surface area (Å²) >= 11 is 0. The standard InChI is InChI=1S/C13H22N2O3S/c1-2-15(12-6-4-3-5-7-12)19(17,18)13-8-11(10-16)14-9-13/h8-9,12,14,16H,2-7,10H2,1H3. The van der Waals surface area contributed by atoms with Crippen LogP contribution in [0.15, 0.2) is 17.2 Å². The Morgan fingerprint density at radius 2 is 2.05 bits per heavy atom. The molecule has 6 heteroatoms. The molecule has 0 spiro atoms. The van der Waals surface area contributed by atoms with Crippen LogP contribution in [0.2, 0.25) is 0 Å². The molecule has 1 aromatic heterocycles. The van der Waals surface area contributed by atoms with Crippen LogP contribution < -0.4 is 0 Å². The van der Waals surface area contributed by atoms with Crippen molar-refractivity contribution < 1.29 is 13.5 Å². The van der Waals surface area contributed by atoms with E-state index in [0.29, 0.717) is 12.2 Å². The van der Waals surface area contributed by atoms with Gasteiger partial charge in [-0.05, 0) is 18.9 Å². The second-order valence-corrected chi connectivity index (χ2v) is 6.91. The van der Waals surface area contributed by atoms with Crippen molar-refractivity contribution in [2.75, 3.05) is 6.54 Å². The van der Waals surface area contributed by atoms with Gasteiger partial charge in [0.05, 0.1) is 11.5 Å². The highest BCUT2D eigenvalue weighted by Crippen LogP contribution is 2.27. The van der Waals surface area contributed by atoms with Crippen LogP contribution in [0.1, 0.15) is 44.7 Å². The van der Waals surface area contributed by atoms with E-state index in [-0.39, 0.29) is 17.5 Å². The Balaban J connectivity index is 2.24. The summed E-state index contributed by atoms with van der Waals surface area (Å²) in [4.78, 5) is 3.04. The Hall–Kier alpha value is -0.850. The topological polar surface area (TPSA) is 73.4 Å². The van der Waals surface area contributed by atoms with E-state index in [0.717, 1.165) is 25.7 Å². The van der Waals surface area contributed by atoms with Crippen LogP contribution in [0.3, 0.4) is 0 Å². The highest BCUT2D eigenvalue weighted by molar-refractivity contribution is 7.89. The molecule has 0 aliphatic heterocycles. The molecule has 1 aromatic rings. The molecule has 19 heavy (non-hydrogen) atoms. The number of hydrogen-bond donors (Lipinski definition) is 2. The fraction of sp³-hybridized carbons (Fsp3) is 0.692. The van der Waals surface area contributed by atoms with Gasteiger partial charge in [0.15, 0.2) is 0 Å². The average Bonchev–Trinajstić information content (AvgIpc) is 2.90. The zero-order valence-corrected chi connectivity index (χ0v) is 12.1. The van der Waals surface area contributed by atoms with Gasteiger partial charge in [-0.1, -0.05) is 26.2 Å². The van der Waals surface area contributed by atoms with Gasteiger partial charge in [-0.3, -0.25) is 0 Å². The smallest absolute Gasteiger partial charge is 0.244 e. The molecule has 0 amide bonds. The van der Waals surface area contributed by atoms with Crippen molar-refractivity contribution in [3.8, 4) is 0 Å². The Labute approximate surface area is 114 Å². The van der Waals surface area contributed by atoms with Crippen LogP contribution in [0.4, 0.5) is 0 Å². The Morgan fingerprint density at radius 3 is 2.58 bits per heavy atom. The summed E-state index contributed by atoms with van der Waals surface area (Å²) in [5.74, 6) is 0. The SMILES string of the molecule is CCN(C1CCCCC1)S(=O)(=O)c1c[nH]c(CO)c1. The Morgan fingerprint density at radius 1 is 1.37 bits per heavy atom. The van der Waals surface area contributed by atoms with Crippen LogP contribution in [-0.2, 0) is 16.6 Å². The Bertz CT molecular complexity index is 504. The number of aromatic nitrogens is 1. The molecule has 0 aromatic carbocycles. The molecule has 1 fully saturated rings. The van der Waals surface area contributed by atoms with Gasteiger partial charge >= 0.3 is 0 Å². The predicted molar refractivity (Wildman–Crippen MR) is 73.2 cm³/mol. The van der Waals surface area contributed by atoms with Crippen LogP contribution in [-0.4, -0.2) is 35.4 Å². The van der Waals surface area contributed by atoms with Gasteiger partial charge in [-0.2, -0.15) is 4.31 Å². The van der Waals surface area contributed by atoms with Gasteiger partial charge in [0.1, 0.15) is 0 Å². The maximum Gasteiger partial charge on any atom is 0.244 e. The first-order chi connectivity index (χ1) is 9.09. The van der Waals surface area contributed by atoms with E-state index in [9.17, 15) is 8.42 Å². The lowest BCUT2D eigenvalue weighted by Crippen LogP contribution is -2.41. The van der Waals surface area contributed by atoms with E-state index in [2.05, 4.69) is 4.98 Å². The number of H-pyrrole nitrogens is 1. The lowest BCUT2D eigenvalue weighted by molar-refractivity contribution is 0.261. The van der Waals surface area contributed by atoms with Crippen molar-refractivity contribution >= 4 is 10.0 Å². The van der Waals surface area contributed by atoms with E-state index in [1.807, 2.05) is 6.92 Å². The zero-order valence-electron chi connectivity index (χ0n) is 11.3. The van der Waals surface area contributed by atoms with Gasteiger partial charge in [0.25, 0.3) is 0 Å². The van der Waals surface area contributed by atoms with Crippen molar-refractivity contribution in [1.29, 1.82) is 0 Å². The number of rotatable bonds is 5. The fourth-order valence-corrected chi connectivity index (χ4v) is 4.50. The molecule has 108 valence electrons. The highest BCUT2D eigenvalue weighted by Gasteiger charge is 2.31. The number of aliphatic hydroxyl groups is 1. The van der Waals surface area contributed by atoms with Crippen molar-refractivity contribution in [2.45, 2.75) is 56.6 Å². The normalized spacial score (nSPS) is 18.1. The van der Waals surface area contributed by atoms with E-state index in [1.54, 1.807) is 4.31 Å². The minimum absolute atomic E-state index is 0.122. The lowest BCUT2D eigenvalue weighted by Gasteiger charge is -2.32. The van der Waals surface area contributed by atoms with Crippen molar-refractivity contribution in [3.63, 3.8) is 0 Å². The number of hydrogen-bond acceptors (Lipinski definition) is 3. The third-order valence-corrected chi connectivity index (χ3v) is 5.79. The fourth-order valence-electron chi connectivity index (χ4n) is 2.79. The summed E-state index contributed by atoms with van der Waals surface area (Å²) in [5.41, 5.74) is 0.526. The average molecular weight is 286 g/mol. The molecule has 1 aliphatic carbocycles. The number of aromatic amines is 1. The number of nitrogens with zero attached hydrogens (tertiary/aromatic N) is 1. The highest BCUT2D eigenvalue weighted by atomic mass is 32.2. The van der Waals surface area contributed by atoms with Gasteiger partial charge in [0, 0.05) is 24.5 Å². The largest absolute Gasteiger partial charge is 0.390 e. The second kappa shape index (κ2) is 6.07. The summed E-state index contributed by atoms with van der Waals surface area (Å²) < 4.78 is 26.8. The molecule has 5 nitrogen and oxygen atoms in total. The quantitative estimate of drug-likeness (QED) is 0.867. The maximum atomic E-state index is 12.6.